The van der Waals surface area contributed by atoms with Gasteiger partial charge in [-0.1, -0.05) is 30.3 Å². The highest BCUT2D eigenvalue weighted by Gasteiger charge is 2.09. The van der Waals surface area contributed by atoms with E-state index in [-0.39, 0.29) is 5.69 Å². The first-order valence-corrected chi connectivity index (χ1v) is 5.37. The molecule has 1 N–H and O–H groups in total. The van der Waals surface area contributed by atoms with Gasteiger partial charge in [0.25, 0.3) is 0 Å². The molecule has 2 aromatic heterocycles. The smallest absolute Gasteiger partial charge is 0.356 e. The Morgan fingerprint density at radius 1 is 1.11 bits per heavy atom. The summed E-state index contributed by atoms with van der Waals surface area (Å²) in [5.74, 6) is -0.672. The van der Waals surface area contributed by atoms with E-state index >= 15 is 0 Å². The van der Waals surface area contributed by atoms with Gasteiger partial charge in [0, 0.05) is 24.2 Å². The highest BCUT2D eigenvalue weighted by Crippen LogP contribution is 2.18. The molecule has 0 radical (unpaired) electrons. The zero-order chi connectivity index (χ0) is 12.5. The fourth-order valence-electron chi connectivity index (χ4n) is 1.77. The minimum atomic E-state index is -1.05. The summed E-state index contributed by atoms with van der Waals surface area (Å²) in [5, 5.41) is 8.87. The number of carboxylic acid groups (broad SMARTS) is 1. The van der Waals surface area contributed by atoms with Crippen molar-refractivity contribution in [3.8, 4) is 11.1 Å². The van der Waals surface area contributed by atoms with Gasteiger partial charge >= 0.3 is 5.97 Å². The molecular formula is C13H9N3O2. The average molecular weight is 239 g/mol. The Morgan fingerprint density at radius 2 is 1.89 bits per heavy atom. The fourth-order valence-corrected chi connectivity index (χ4v) is 1.77. The van der Waals surface area contributed by atoms with Gasteiger partial charge in [-0.3, -0.25) is 4.40 Å². The molecule has 5 heteroatoms. The summed E-state index contributed by atoms with van der Waals surface area (Å²) in [7, 11) is 0. The Labute approximate surface area is 102 Å². The van der Waals surface area contributed by atoms with Crippen molar-refractivity contribution in [1.82, 2.24) is 14.4 Å². The fraction of sp³-hybridized carbons (Fsp3) is 0. The Hall–Kier alpha value is -2.69. The lowest BCUT2D eigenvalue weighted by Crippen LogP contribution is -1.94. The Balaban J connectivity index is 2.14. The van der Waals surface area contributed by atoms with Crippen LogP contribution < -0.4 is 0 Å². The standard InChI is InChI=1S/C13H9N3O2/c17-12(18)11-8-16-7-10(6-14-13(16)15-11)9-4-2-1-3-5-9/h1-8H,(H,17,18). The molecule has 0 saturated carbocycles. The highest BCUT2D eigenvalue weighted by atomic mass is 16.4. The maximum absolute atomic E-state index is 10.8. The summed E-state index contributed by atoms with van der Waals surface area (Å²) in [4.78, 5) is 18.9. The van der Waals surface area contributed by atoms with E-state index in [1.807, 2.05) is 36.5 Å². The van der Waals surface area contributed by atoms with Crippen LogP contribution in [0.2, 0.25) is 0 Å². The molecule has 0 atom stereocenters. The van der Waals surface area contributed by atoms with Crippen molar-refractivity contribution in [2.24, 2.45) is 0 Å². The third kappa shape index (κ3) is 1.71. The second-order valence-corrected chi connectivity index (χ2v) is 3.85. The lowest BCUT2D eigenvalue weighted by molar-refractivity contribution is 0.0691. The lowest BCUT2D eigenvalue weighted by Gasteiger charge is -2.00. The molecule has 0 aliphatic rings. The number of nitrogens with zero attached hydrogens (tertiary/aromatic N) is 3. The second kappa shape index (κ2) is 3.96. The first kappa shape index (κ1) is 10.5. The molecule has 0 saturated heterocycles. The quantitative estimate of drug-likeness (QED) is 0.743. The number of carboxylic acids is 1. The molecule has 5 nitrogen and oxygen atoms in total. The van der Waals surface area contributed by atoms with Crippen molar-refractivity contribution in [2.45, 2.75) is 0 Å². The Bertz CT molecular complexity index is 719. The number of hydrogen-bond donors (Lipinski definition) is 1. The second-order valence-electron chi connectivity index (χ2n) is 3.85. The molecule has 1 aromatic carbocycles. The largest absolute Gasteiger partial charge is 0.476 e. The van der Waals surface area contributed by atoms with Crippen molar-refractivity contribution in [3.63, 3.8) is 0 Å². The number of hydrogen-bond acceptors (Lipinski definition) is 3. The number of aromatic carboxylic acids is 1. The van der Waals surface area contributed by atoms with Gasteiger partial charge in [-0.05, 0) is 5.56 Å². The van der Waals surface area contributed by atoms with Crippen LogP contribution in [-0.4, -0.2) is 25.4 Å². The van der Waals surface area contributed by atoms with Crippen LogP contribution in [0.5, 0.6) is 0 Å². The Morgan fingerprint density at radius 3 is 2.61 bits per heavy atom. The summed E-state index contributed by atoms with van der Waals surface area (Å²) in [6.45, 7) is 0. The number of imidazole rings is 1. The lowest BCUT2D eigenvalue weighted by atomic mass is 10.1. The van der Waals surface area contributed by atoms with Crippen molar-refractivity contribution in [2.75, 3.05) is 0 Å². The predicted octanol–water partition coefficient (Wildman–Crippen LogP) is 2.09. The number of fused-ring (bicyclic) bond motifs is 1. The van der Waals surface area contributed by atoms with Crippen LogP contribution in [-0.2, 0) is 0 Å². The molecule has 0 aliphatic carbocycles. The van der Waals surface area contributed by atoms with Crippen LogP contribution >= 0.6 is 0 Å². The minimum Gasteiger partial charge on any atom is -0.476 e. The third-order valence-corrected chi connectivity index (χ3v) is 2.64. The number of benzene rings is 1. The van der Waals surface area contributed by atoms with Crippen LogP contribution in [0.4, 0.5) is 0 Å². The number of rotatable bonds is 2. The summed E-state index contributed by atoms with van der Waals surface area (Å²) in [5.41, 5.74) is 1.93. The van der Waals surface area contributed by atoms with Gasteiger partial charge in [0.15, 0.2) is 5.69 Å². The van der Waals surface area contributed by atoms with Crippen LogP contribution in [0, 0.1) is 0 Å². The molecule has 0 unspecified atom stereocenters. The van der Waals surface area contributed by atoms with Gasteiger partial charge in [0.2, 0.25) is 5.78 Å². The van der Waals surface area contributed by atoms with Crippen molar-refractivity contribution < 1.29 is 9.90 Å². The van der Waals surface area contributed by atoms with Crippen molar-refractivity contribution >= 4 is 11.7 Å². The van der Waals surface area contributed by atoms with Gasteiger partial charge in [0.1, 0.15) is 0 Å². The summed E-state index contributed by atoms with van der Waals surface area (Å²) >= 11 is 0. The maximum Gasteiger partial charge on any atom is 0.356 e. The predicted molar refractivity (Wildman–Crippen MR) is 65.4 cm³/mol. The van der Waals surface area contributed by atoms with Gasteiger partial charge in [0.05, 0.1) is 0 Å². The zero-order valence-corrected chi connectivity index (χ0v) is 9.32. The Kier molecular flexibility index (Phi) is 2.30. The van der Waals surface area contributed by atoms with E-state index in [9.17, 15) is 4.79 Å². The number of aromatic nitrogens is 3. The number of carbonyl (C=O) groups is 1. The van der Waals surface area contributed by atoms with E-state index in [1.54, 1.807) is 10.6 Å². The van der Waals surface area contributed by atoms with Gasteiger partial charge in [-0.25, -0.2) is 14.8 Å². The normalized spacial score (nSPS) is 10.7. The van der Waals surface area contributed by atoms with Crippen LogP contribution in [0.1, 0.15) is 10.5 Å². The van der Waals surface area contributed by atoms with Crippen molar-refractivity contribution in [3.05, 3.63) is 54.6 Å². The molecule has 0 spiro atoms. The van der Waals surface area contributed by atoms with Gasteiger partial charge < -0.3 is 5.11 Å². The molecule has 3 aromatic rings. The van der Waals surface area contributed by atoms with Crippen LogP contribution in [0.15, 0.2) is 48.9 Å². The van der Waals surface area contributed by atoms with Crippen LogP contribution in [0.25, 0.3) is 16.9 Å². The van der Waals surface area contributed by atoms with Gasteiger partial charge in [-0.2, -0.15) is 0 Å². The van der Waals surface area contributed by atoms with E-state index < -0.39 is 5.97 Å². The van der Waals surface area contributed by atoms with E-state index in [4.69, 9.17) is 5.11 Å². The minimum absolute atomic E-state index is 0.00675. The molecule has 18 heavy (non-hydrogen) atoms. The topological polar surface area (TPSA) is 67.5 Å². The van der Waals surface area contributed by atoms with Crippen LogP contribution in [0.3, 0.4) is 0 Å². The average Bonchev–Trinajstić information content (AvgIpc) is 2.82. The molecular weight excluding hydrogens is 230 g/mol. The maximum atomic E-state index is 10.8. The molecule has 0 aliphatic heterocycles. The van der Waals surface area contributed by atoms with E-state index in [0.717, 1.165) is 11.1 Å². The first-order valence-electron chi connectivity index (χ1n) is 5.37. The molecule has 0 bridgehead atoms. The molecule has 2 heterocycles. The third-order valence-electron chi connectivity index (χ3n) is 2.64. The highest BCUT2D eigenvalue weighted by molar-refractivity contribution is 5.85. The molecule has 88 valence electrons. The van der Waals surface area contributed by atoms with E-state index in [2.05, 4.69) is 9.97 Å². The summed E-state index contributed by atoms with van der Waals surface area (Å²) < 4.78 is 1.62. The SMILES string of the molecule is O=C(O)c1cn2cc(-c3ccccc3)cnc2n1. The first-order chi connectivity index (χ1) is 8.74. The zero-order valence-electron chi connectivity index (χ0n) is 9.32. The van der Waals surface area contributed by atoms with Gasteiger partial charge in [-0.15, -0.1) is 0 Å². The molecule has 0 fully saturated rings. The van der Waals surface area contributed by atoms with E-state index in [1.165, 1.54) is 6.20 Å². The van der Waals surface area contributed by atoms with Crippen molar-refractivity contribution in [1.29, 1.82) is 0 Å². The summed E-state index contributed by atoms with van der Waals surface area (Å²) in [6.07, 6.45) is 4.96. The molecule has 3 rings (SSSR count). The summed E-state index contributed by atoms with van der Waals surface area (Å²) in [6, 6.07) is 9.76. The van der Waals surface area contributed by atoms with E-state index in [0.29, 0.717) is 5.78 Å². The molecule has 0 amide bonds. The monoisotopic (exact) mass is 239 g/mol.